The third-order valence-electron chi connectivity index (χ3n) is 5.27. The minimum Gasteiger partial charge on any atom is -0.497 e. The second kappa shape index (κ2) is 7.81. The van der Waals surface area contributed by atoms with Crippen molar-refractivity contribution in [3.63, 3.8) is 0 Å². The zero-order valence-corrected chi connectivity index (χ0v) is 15.7. The van der Waals surface area contributed by atoms with Gasteiger partial charge in [0.25, 0.3) is 5.91 Å². The molecular weight excluding hydrogens is 330 g/mol. The van der Waals surface area contributed by atoms with E-state index in [2.05, 4.69) is 18.8 Å². The standard InChI is InChI=1S/C20H27N3O3/c1-4-14(5-2)19(24)22-8-10-23(11-9-22)20(25)18-13-15-12-16(26-3)6-7-17(15)21-18/h6-7,12-14,21H,4-5,8-11H2,1-3H3. The van der Waals surface area contributed by atoms with Crippen LogP contribution in [0.15, 0.2) is 24.3 Å². The third-order valence-corrected chi connectivity index (χ3v) is 5.27. The summed E-state index contributed by atoms with van der Waals surface area (Å²) in [5.74, 6) is 1.07. The van der Waals surface area contributed by atoms with Gasteiger partial charge in [0.05, 0.1) is 7.11 Å². The highest BCUT2D eigenvalue weighted by molar-refractivity contribution is 5.98. The van der Waals surface area contributed by atoms with Gasteiger partial charge in [0.15, 0.2) is 0 Å². The summed E-state index contributed by atoms with van der Waals surface area (Å²) in [6, 6.07) is 7.56. The molecule has 1 N–H and O–H groups in total. The van der Waals surface area contributed by atoms with Crippen LogP contribution in [0, 0.1) is 5.92 Å². The lowest BCUT2D eigenvalue weighted by Gasteiger charge is -2.36. The summed E-state index contributed by atoms with van der Waals surface area (Å²) in [5, 5.41) is 0.954. The molecule has 0 spiro atoms. The van der Waals surface area contributed by atoms with E-state index in [0.717, 1.165) is 29.5 Å². The summed E-state index contributed by atoms with van der Waals surface area (Å²) in [4.78, 5) is 32.2. The fourth-order valence-corrected chi connectivity index (χ4v) is 3.55. The molecule has 1 fully saturated rings. The number of hydrogen-bond acceptors (Lipinski definition) is 3. The molecule has 0 atom stereocenters. The number of nitrogens with zero attached hydrogens (tertiary/aromatic N) is 2. The van der Waals surface area contributed by atoms with Gasteiger partial charge in [0.1, 0.15) is 11.4 Å². The monoisotopic (exact) mass is 357 g/mol. The van der Waals surface area contributed by atoms with E-state index in [0.29, 0.717) is 31.9 Å². The summed E-state index contributed by atoms with van der Waals surface area (Å²) < 4.78 is 5.23. The summed E-state index contributed by atoms with van der Waals surface area (Å²) in [6.07, 6.45) is 1.74. The molecule has 0 bridgehead atoms. The molecule has 26 heavy (non-hydrogen) atoms. The second-order valence-corrected chi connectivity index (χ2v) is 6.77. The molecule has 0 aliphatic carbocycles. The molecule has 140 valence electrons. The number of piperazine rings is 1. The Morgan fingerprint density at radius 3 is 2.35 bits per heavy atom. The average Bonchev–Trinajstić information content (AvgIpc) is 3.11. The zero-order valence-electron chi connectivity index (χ0n) is 15.7. The van der Waals surface area contributed by atoms with E-state index in [1.54, 1.807) is 7.11 Å². The molecule has 2 amide bonds. The Morgan fingerprint density at radius 1 is 1.08 bits per heavy atom. The van der Waals surface area contributed by atoms with E-state index in [-0.39, 0.29) is 17.7 Å². The Labute approximate surface area is 154 Å². The second-order valence-electron chi connectivity index (χ2n) is 6.77. The van der Waals surface area contributed by atoms with Crippen LogP contribution in [0.4, 0.5) is 0 Å². The number of carbonyl (C=O) groups is 2. The third kappa shape index (κ3) is 3.54. The van der Waals surface area contributed by atoms with E-state index in [1.807, 2.05) is 34.1 Å². The Bertz CT molecular complexity index is 787. The van der Waals surface area contributed by atoms with Crippen LogP contribution in [0.25, 0.3) is 10.9 Å². The maximum Gasteiger partial charge on any atom is 0.270 e. The Balaban J connectivity index is 1.66. The number of rotatable bonds is 5. The van der Waals surface area contributed by atoms with E-state index < -0.39 is 0 Å². The highest BCUT2D eigenvalue weighted by Crippen LogP contribution is 2.22. The van der Waals surface area contributed by atoms with Crippen LogP contribution in [0.5, 0.6) is 5.75 Å². The number of aromatic amines is 1. The average molecular weight is 357 g/mol. The Morgan fingerprint density at radius 2 is 1.73 bits per heavy atom. The van der Waals surface area contributed by atoms with Gasteiger partial charge in [-0.3, -0.25) is 9.59 Å². The molecular formula is C20H27N3O3. The number of amides is 2. The predicted octanol–water partition coefficient (Wildman–Crippen LogP) is 2.90. The van der Waals surface area contributed by atoms with E-state index >= 15 is 0 Å². The van der Waals surface area contributed by atoms with Gasteiger partial charge in [-0.2, -0.15) is 0 Å². The largest absolute Gasteiger partial charge is 0.497 e. The smallest absolute Gasteiger partial charge is 0.270 e. The van der Waals surface area contributed by atoms with Gasteiger partial charge in [0, 0.05) is 43.0 Å². The minimum atomic E-state index is -0.0187. The number of benzene rings is 1. The molecule has 1 aliphatic heterocycles. The van der Waals surface area contributed by atoms with Crippen LogP contribution < -0.4 is 4.74 Å². The maximum atomic E-state index is 12.8. The van der Waals surface area contributed by atoms with Crippen molar-refractivity contribution in [2.75, 3.05) is 33.3 Å². The summed E-state index contributed by atoms with van der Waals surface area (Å²) in [5.41, 5.74) is 1.49. The summed E-state index contributed by atoms with van der Waals surface area (Å²) in [6.45, 7) is 6.46. The van der Waals surface area contributed by atoms with Gasteiger partial charge in [-0.1, -0.05) is 13.8 Å². The van der Waals surface area contributed by atoms with Gasteiger partial charge in [-0.15, -0.1) is 0 Å². The number of H-pyrrole nitrogens is 1. The first kappa shape index (κ1) is 18.3. The van der Waals surface area contributed by atoms with Crippen LogP contribution in [0.1, 0.15) is 37.2 Å². The van der Waals surface area contributed by atoms with E-state index in [9.17, 15) is 9.59 Å². The molecule has 1 aromatic carbocycles. The topological polar surface area (TPSA) is 65.6 Å². The molecule has 1 saturated heterocycles. The van der Waals surface area contributed by atoms with E-state index in [4.69, 9.17) is 4.74 Å². The predicted molar refractivity (Wildman–Crippen MR) is 101 cm³/mol. The van der Waals surface area contributed by atoms with Crippen LogP contribution in [0.2, 0.25) is 0 Å². The number of carbonyl (C=O) groups excluding carboxylic acids is 2. The molecule has 1 aliphatic rings. The number of methoxy groups -OCH3 is 1. The van der Waals surface area contributed by atoms with Crippen molar-refractivity contribution >= 4 is 22.7 Å². The quantitative estimate of drug-likeness (QED) is 0.895. The fourth-order valence-electron chi connectivity index (χ4n) is 3.55. The molecule has 0 saturated carbocycles. The van der Waals surface area contributed by atoms with Crippen molar-refractivity contribution < 1.29 is 14.3 Å². The highest BCUT2D eigenvalue weighted by atomic mass is 16.5. The summed E-state index contributed by atoms with van der Waals surface area (Å²) in [7, 11) is 1.63. The maximum absolute atomic E-state index is 12.8. The lowest BCUT2D eigenvalue weighted by atomic mass is 10.0. The number of aromatic nitrogens is 1. The molecule has 2 heterocycles. The van der Waals surface area contributed by atoms with Crippen LogP contribution in [-0.2, 0) is 4.79 Å². The fraction of sp³-hybridized carbons (Fsp3) is 0.500. The van der Waals surface area contributed by atoms with Crippen molar-refractivity contribution in [1.29, 1.82) is 0 Å². The number of fused-ring (bicyclic) bond motifs is 1. The Hall–Kier alpha value is -2.50. The van der Waals surface area contributed by atoms with Crippen molar-refractivity contribution in [1.82, 2.24) is 14.8 Å². The number of hydrogen-bond donors (Lipinski definition) is 1. The first-order chi connectivity index (χ1) is 12.6. The molecule has 6 nitrogen and oxygen atoms in total. The van der Waals surface area contributed by atoms with Crippen LogP contribution >= 0.6 is 0 Å². The van der Waals surface area contributed by atoms with Gasteiger partial charge in [0.2, 0.25) is 5.91 Å². The van der Waals surface area contributed by atoms with E-state index in [1.165, 1.54) is 0 Å². The first-order valence-corrected chi connectivity index (χ1v) is 9.32. The minimum absolute atomic E-state index is 0.0187. The van der Waals surface area contributed by atoms with Crippen molar-refractivity contribution in [2.24, 2.45) is 5.92 Å². The first-order valence-electron chi connectivity index (χ1n) is 9.32. The number of ether oxygens (including phenoxy) is 1. The Kier molecular flexibility index (Phi) is 5.49. The van der Waals surface area contributed by atoms with Crippen LogP contribution in [-0.4, -0.2) is 59.9 Å². The van der Waals surface area contributed by atoms with Gasteiger partial charge in [-0.05, 0) is 37.1 Å². The molecule has 2 aromatic rings. The molecule has 3 rings (SSSR count). The lowest BCUT2D eigenvalue weighted by molar-refractivity contribution is -0.137. The van der Waals surface area contributed by atoms with Crippen molar-refractivity contribution in [3.05, 3.63) is 30.0 Å². The summed E-state index contributed by atoms with van der Waals surface area (Å²) >= 11 is 0. The van der Waals surface area contributed by atoms with Gasteiger partial charge < -0.3 is 19.5 Å². The molecule has 0 unspecified atom stereocenters. The zero-order chi connectivity index (χ0) is 18.7. The highest BCUT2D eigenvalue weighted by Gasteiger charge is 2.28. The molecule has 1 aromatic heterocycles. The lowest BCUT2D eigenvalue weighted by Crippen LogP contribution is -2.52. The van der Waals surface area contributed by atoms with Crippen molar-refractivity contribution in [3.8, 4) is 5.75 Å². The number of nitrogens with one attached hydrogen (secondary N) is 1. The van der Waals surface area contributed by atoms with Gasteiger partial charge in [-0.25, -0.2) is 0 Å². The van der Waals surface area contributed by atoms with Crippen LogP contribution in [0.3, 0.4) is 0 Å². The normalized spacial score (nSPS) is 14.9. The molecule has 6 heteroatoms. The van der Waals surface area contributed by atoms with Crippen molar-refractivity contribution in [2.45, 2.75) is 26.7 Å². The molecule has 0 radical (unpaired) electrons. The SMILES string of the molecule is CCC(CC)C(=O)N1CCN(C(=O)c2cc3cc(OC)ccc3[nH]2)CC1. The van der Waals surface area contributed by atoms with Gasteiger partial charge >= 0.3 is 0 Å².